The van der Waals surface area contributed by atoms with E-state index in [0.29, 0.717) is 0 Å². The number of ether oxygens (including phenoxy) is 2. The van der Waals surface area contributed by atoms with Crippen LogP contribution in [0.4, 0.5) is 0 Å². The van der Waals surface area contributed by atoms with Crippen LogP contribution in [0.2, 0.25) is 0 Å². The minimum absolute atomic E-state index is 0.187. The van der Waals surface area contributed by atoms with Gasteiger partial charge in [-0.05, 0) is 33.3 Å². The second-order valence-electron chi connectivity index (χ2n) is 5.45. The Hall–Kier alpha value is -1.24. The first-order valence-electron chi connectivity index (χ1n) is 8.53. The van der Waals surface area contributed by atoms with Gasteiger partial charge in [0.2, 0.25) is 0 Å². The molecular weight excluding hydrogens is 345 g/mol. The van der Waals surface area contributed by atoms with Gasteiger partial charge in [0.1, 0.15) is 12.3 Å². The van der Waals surface area contributed by atoms with Gasteiger partial charge >= 0.3 is 13.7 Å². The summed E-state index contributed by atoms with van der Waals surface area (Å²) < 4.78 is 36.8. The predicted octanol–water partition coefficient (Wildman–Crippen LogP) is 3.52. The molecule has 0 N–H and O–H groups in total. The first kappa shape index (κ1) is 20.1. The Labute approximate surface area is 148 Å². The van der Waals surface area contributed by atoms with E-state index in [-0.39, 0.29) is 19.8 Å². The van der Waals surface area contributed by atoms with E-state index in [0.717, 1.165) is 5.56 Å². The molecule has 0 amide bonds. The number of hydrogen-bond acceptors (Lipinski definition) is 6. The first-order chi connectivity index (χ1) is 12.0. The average Bonchev–Trinajstić information content (AvgIpc) is 2.94. The number of benzene rings is 1. The zero-order chi connectivity index (χ0) is 18.4. The molecule has 1 aromatic carbocycles. The minimum atomic E-state index is -3.71. The Morgan fingerprint density at radius 3 is 2.24 bits per heavy atom. The lowest BCUT2D eigenvalue weighted by atomic mass is 10.0. The zero-order valence-electron chi connectivity index (χ0n) is 15.1. The standard InChI is InChI=1S/C17H26NO6P/c1-5-21-17(19)15-16(14-11-9-8-10-12-14)24-13(4)18(15)25(20,22-6-2)23-7-3/h8-13,15-16H,5-7H2,1-4H3/t13?,15-,16+/m1/s1. The number of rotatable bonds is 8. The fourth-order valence-electron chi connectivity index (χ4n) is 2.93. The van der Waals surface area contributed by atoms with Crippen LogP contribution in [0, 0.1) is 0 Å². The lowest BCUT2D eigenvalue weighted by Crippen LogP contribution is -2.41. The third-order valence-electron chi connectivity index (χ3n) is 3.81. The van der Waals surface area contributed by atoms with E-state index in [4.69, 9.17) is 18.5 Å². The molecule has 1 fully saturated rings. The summed E-state index contributed by atoms with van der Waals surface area (Å²) in [5.74, 6) is -0.514. The van der Waals surface area contributed by atoms with Gasteiger partial charge in [-0.1, -0.05) is 30.3 Å². The van der Waals surface area contributed by atoms with Crippen molar-refractivity contribution in [3.05, 3.63) is 35.9 Å². The molecule has 0 radical (unpaired) electrons. The molecule has 1 aliphatic rings. The molecule has 1 unspecified atom stereocenters. The van der Waals surface area contributed by atoms with Crippen molar-refractivity contribution in [1.82, 2.24) is 4.67 Å². The van der Waals surface area contributed by atoms with Crippen LogP contribution in [0.1, 0.15) is 39.4 Å². The van der Waals surface area contributed by atoms with Crippen molar-refractivity contribution >= 4 is 13.7 Å². The summed E-state index contributed by atoms with van der Waals surface area (Å²) in [4.78, 5) is 12.7. The molecule has 0 spiro atoms. The molecular formula is C17H26NO6P. The van der Waals surface area contributed by atoms with E-state index in [1.54, 1.807) is 27.7 Å². The van der Waals surface area contributed by atoms with Crippen LogP contribution in [0.25, 0.3) is 0 Å². The summed E-state index contributed by atoms with van der Waals surface area (Å²) in [6.45, 7) is 7.48. The molecule has 2 rings (SSSR count). The van der Waals surface area contributed by atoms with Gasteiger partial charge in [0, 0.05) is 0 Å². The van der Waals surface area contributed by atoms with Crippen molar-refractivity contribution in [3.63, 3.8) is 0 Å². The minimum Gasteiger partial charge on any atom is -0.465 e. The van der Waals surface area contributed by atoms with Crippen molar-refractivity contribution in [1.29, 1.82) is 0 Å². The topological polar surface area (TPSA) is 74.3 Å². The van der Waals surface area contributed by atoms with Crippen LogP contribution >= 0.6 is 7.75 Å². The predicted molar refractivity (Wildman–Crippen MR) is 92.8 cm³/mol. The maximum absolute atomic E-state index is 13.3. The van der Waals surface area contributed by atoms with Gasteiger partial charge in [0.15, 0.2) is 6.04 Å². The number of hydrogen-bond donors (Lipinski definition) is 0. The Morgan fingerprint density at radius 1 is 1.12 bits per heavy atom. The maximum Gasteiger partial charge on any atom is 0.411 e. The van der Waals surface area contributed by atoms with Crippen molar-refractivity contribution in [3.8, 4) is 0 Å². The molecule has 25 heavy (non-hydrogen) atoms. The molecule has 1 aromatic rings. The third-order valence-corrected chi connectivity index (χ3v) is 6.12. The van der Waals surface area contributed by atoms with Crippen LogP contribution in [-0.2, 0) is 27.9 Å². The van der Waals surface area contributed by atoms with Crippen molar-refractivity contribution < 1.29 is 27.9 Å². The van der Waals surface area contributed by atoms with Crippen LogP contribution in [-0.4, -0.2) is 42.7 Å². The number of carbonyl (C=O) groups excluding carboxylic acids is 1. The molecule has 3 atom stereocenters. The highest BCUT2D eigenvalue weighted by atomic mass is 31.2. The summed E-state index contributed by atoms with van der Waals surface area (Å²) in [5.41, 5.74) is 0.800. The Bertz CT molecular complexity index is 600. The normalized spacial score (nSPS) is 24.4. The van der Waals surface area contributed by atoms with E-state index in [9.17, 15) is 9.36 Å². The highest BCUT2D eigenvalue weighted by Gasteiger charge is 2.55. The first-order valence-corrected chi connectivity index (χ1v) is 10.0. The summed E-state index contributed by atoms with van der Waals surface area (Å²) in [6.07, 6.45) is -1.26. The maximum atomic E-state index is 13.3. The van der Waals surface area contributed by atoms with E-state index in [1.807, 2.05) is 30.3 Å². The molecule has 1 heterocycles. The third kappa shape index (κ3) is 4.30. The number of nitrogens with zero attached hydrogens (tertiary/aromatic N) is 1. The molecule has 0 aromatic heterocycles. The highest BCUT2D eigenvalue weighted by Crippen LogP contribution is 2.59. The molecule has 0 aliphatic carbocycles. The second-order valence-corrected chi connectivity index (χ2v) is 7.36. The Balaban J connectivity index is 2.45. The van der Waals surface area contributed by atoms with Crippen molar-refractivity contribution in [2.75, 3.05) is 19.8 Å². The molecule has 0 saturated carbocycles. The molecule has 0 bridgehead atoms. The lowest BCUT2D eigenvalue weighted by Gasteiger charge is -2.31. The second kappa shape index (κ2) is 8.92. The molecule has 140 valence electrons. The van der Waals surface area contributed by atoms with E-state index in [2.05, 4.69) is 0 Å². The van der Waals surface area contributed by atoms with E-state index < -0.39 is 32.1 Å². The lowest BCUT2D eigenvalue weighted by molar-refractivity contribution is -0.148. The average molecular weight is 371 g/mol. The molecule has 7 nitrogen and oxygen atoms in total. The highest BCUT2D eigenvalue weighted by molar-refractivity contribution is 7.51. The summed E-state index contributed by atoms with van der Waals surface area (Å²) in [5, 5.41) is 0. The summed E-state index contributed by atoms with van der Waals surface area (Å²) in [7, 11) is -3.71. The SMILES string of the molecule is CCOC(=O)[C@H]1[C@H](c2ccccc2)OC(C)N1P(=O)(OCC)OCC. The van der Waals surface area contributed by atoms with Crippen LogP contribution in [0.15, 0.2) is 30.3 Å². The van der Waals surface area contributed by atoms with Gasteiger partial charge in [0.25, 0.3) is 0 Å². The van der Waals surface area contributed by atoms with Gasteiger partial charge in [-0.2, -0.15) is 4.67 Å². The van der Waals surface area contributed by atoms with Crippen LogP contribution in [0.5, 0.6) is 0 Å². The quantitative estimate of drug-likeness (QED) is 0.511. The van der Waals surface area contributed by atoms with Crippen molar-refractivity contribution in [2.45, 2.75) is 46.1 Å². The monoisotopic (exact) mass is 371 g/mol. The fourth-order valence-corrected chi connectivity index (χ4v) is 4.89. The zero-order valence-corrected chi connectivity index (χ0v) is 16.0. The number of esters is 1. The van der Waals surface area contributed by atoms with Gasteiger partial charge in [-0.25, -0.2) is 4.57 Å². The van der Waals surface area contributed by atoms with Crippen LogP contribution < -0.4 is 0 Å². The summed E-state index contributed by atoms with van der Waals surface area (Å²) in [6, 6.07) is 8.40. The summed E-state index contributed by atoms with van der Waals surface area (Å²) >= 11 is 0. The molecule has 1 aliphatic heterocycles. The van der Waals surface area contributed by atoms with Crippen molar-refractivity contribution in [2.24, 2.45) is 0 Å². The van der Waals surface area contributed by atoms with Gasteiger partial charge in [-0.3, -0.25) is 13.8 Å². The Kier molecular flexibility index (Phi) is 7.16. The number of carbonyl (C=O) groups is 1. The molecule has 1 saturated heterocycles. The van der Waals surface area contributed by atoms with Gasteiger partial charge in [0.05, 0.1) is 19.8 Å². The largest absolute Gasteiger partial charge is 0.465 e. The van der Waals surface area contributed by atoms with Gasteiger partial charge < -0.3 is 9.47 Å². The fraction of sp³-hybridized carbons (Fsp3) is 0.588. The van der Waals surface area contributed by atoms with E-state index in [1.165, 1.54) is 4.67 Å². The van der Waals surface area contributed by atoms with E-state index >= 15 is 0 Å². The smallest absolute Gasteiger partial charge is 0.411 e. The Morgan fingerprint density at radius 2 is 1.72 bits per heavy atom. The van der Waals surface area contributed by atoms with Gasteiger partial charge in [-0.15, -0.1) is 0 Å². The molecule has 8 heteroatoms. The van der Waals surface area contributed by atoms with Crippen LogP contribution in [0.3, 0.4) is 0 Å².